The fraction of sp³-hybridized carbons (Fsp3) is 0. The van der Waals surface area contributed by atoms with Gasteiger partial charge in [0.1, 0.15) is 5.75 Å². The number of hydrogen-bond donors (Lipinski definition) is 1. The minimum absolute atomic E-state index is 0.00675. The standard InChI is InChI=1S/C7H4BrIO2/c8-5-2-7(11)4(3-10)1-6(5)9/h1-3,11H. The molecular formula is C7H4BrIO2. The summed E-state index contributed by atoms with van der Waals surface area (Å²) in [5.74, 6) is 0.00675. The lowest BCUT2D eigenvalue weighted by molar-refractivity contribution is 0.112. The second kappa shape index (κ2) is 3.53. The molecule has 0 unspecified atom stereocenters. The van der Waals surface area contributed by atoms with Crippen LogP contribution in [0, 0.1) is 3.57 Å². The molecule has 1 aromatic carbocycles. The van der Waals surface area contributed by atoms with E-state index in [0.29, 0.717) is 11.8 Å². The average molecular weight is 327 g/mol. The maximum Gasteiger partial charge on any atom is 0.153 e. The molecule has 1 N–H and O–H groups in total. The number of phenols is 1. The summed E-state index contributed by atoms with van der Waals surface area (Å²) in [5.41, 5.74) is 0.317. The van der Waals surface area contributed by atoms with E-state index in [-0.39, 0.29) is 5.75 Å². The quantitative estimate of drug-likeness (QED) is 0.636. The lowest BCUT2D eigenvalue weighted by atomic mass is 10.2. The number of benzene rings is 1. The molecule has 0 radical (unpaired) electrons. The van der Waals surface area contributed by atoms with Crippen molar-refractivity contribution >= 4 is 44.8 Å². The SMILES string of the molecule is O=Cc1cc(I)c(Br)cc1O. The van der Waals surface area contributed by atoms with Gasteiger partial charge in [-0.2, -0.15) is 0 Å². The number of rotatable bonds is 1. The van der Waals surface area contributed by atoms with Crippen LogP contribution in [0.1, 0.15) is 10.4 Å². The molecule has 2 nitrogen and oxygen atoms in total. The molecule has 0 heterocycles. The number of halogens is 2. The summed E-state index contributed by atoms with van der Waals surface area (Å²) in [4.78, 5) is 10.3. The molecule has 11 heavy (non-hydrogen) atoms. The largest absolute Gasteiger partial charge is 0.507 e. The monoisotopic (exact) mass is 326 g/mol. The van der Waals surface area contributed by atoms with Gasteiger partial charge in [0.15, 0.2) is 6.29 Å². The van der Waals surface area contributed by atoms with Crippen LogP contribution in [0.2, 0.25) is 0 Å². The number of aldehydes is 1. The Morgan fingerprint density at radius 1 is 1.55 bits per heavy atom. The van der Waals surface area contributed by atoms with Gasteiger partial charge >= 0.3 is 0 Å². The maximum absolute atomic E-state index is 10.3. The smallest absolute Gasteiger partial charge is 0.153 e. The van der Waals surface area contributed by atoms with Crippen molar-refractivity contribution in [3.05, 3.63) is 25.7 Å². The summed E-state index contributed by atoms with van der Waals surface area (Å²) in [6.45, 7) is 0. The van der Waals surface area contributed by atoms with Crippen molar-refractivity contribution in [2.24, 2.45) is 0 Å². The molecule has 0 aromatic heterocycles. The highest BCUT2D eigenvalue weighted by Gasteiger charge is 2.03. The Morgan fingerprint density at radius 2 is 2.18 bits per heavy atom. The van der Waals surface area contributed by atoms with E-state index in [1.165, 1.54) is 6.07 Å². The average Bonchev–Trinajstić information content (AvgIpc) is 1.97. The Balaban J connectivity index is 3.31. The van der Waals surface area contributed by atoms with Crippen LogP contribution >= 0.6 is 38.5 Å². The molecule has 1 aromatic rings. The van der Waals surface area contributed by atoms with Gasteiger partial charge in [-0.1, -0.05) is 0 Å². The molecule has 0 aliphatic carbocycles. The fourth-order valence-electron chi connectivity index (χ4n) is 0.646. The Morgan fingerprint density at radius 3 is 2.73 bits per heavy atom. The first-order valence-corrected chi connectivity index (χ1v) is 4.65. The number of carbonyl (C=O) groups is 1. The molecule has 0 spiro atoms. The predicted molar refractivity (Wildman–Crippen MR) is 53.9 cm³/mol. The zero-order valence-corrected chi connectivity index (χ0v) is 9.09. The molecule has 0 saturated heterocycles. The number of phenolic OH excluding ortho intramolecular Hbond substituents is 1. The molecule has 0 atom stereocenters. The first kappa shape index (κ1) is 8.99. The highest BCUT2D eigenvalue weighted by Crippen LogP contribution is 2.26. The first-order valence-electron chi connectivity index (χ1n) is 2.78. The van der Waals surface area contributed by atoms with Crippen LogP contribution in [0.3, 0.4) is 0 Å². The zero-order chi connectivity index (χ0) is 8.43. The van der Waals surface area contributed by atoms with Crippen LogP contribution in [0.4, 0.5) is 0 Å². The Hall–Kier alpha value is -0.100. The third-order valence-corrected chi connectivity index (χ3v) is 3.49. The summed E-state index contributed by atoms with van der Waals surface area (Å²) in [5, 5.41) is 9.15. The highest BCUT2D eigenvalue weighted by atomic mass is 127. The molecule has 0 aliphatic rings. The summed E-state index contributed by atoms with van der Waals surface area (Å²) in [6, 6.07) is 3.12. The van der Waals surface area contributed by atoms with Crippen molar-refractivity contribution in [2.75, 3.05) is 0 Å². The van der Waals surface area contributed by atoms with E-state index in [1.807, 2.05) is 0 Å². The van der Waals surface area contributed by atoms with Crippen molar-refractivity contribution in [1.82, 2.24) is 0 Å². The van der Waals surface area contributed by atoms with Gasteiger partial charge in [-0.25, -0.2) is 0 Å². The minimum atomic E-state index is 0.00675. The molecule has 58 valence electrons. The van der Waals surface area contributed by atoms with E-state index in [0.717, 1.165) is 8.04 Å². The van der Waals surface area contributed by atoms with Crippen LogP contribution in [0.15, 0.2) is 16.6 Å². The maximum atomic E-state index is 10.3. The third kappa shape index (κ3) is 1.93. The van der Waals surface area contributed by atoms with Gasteiger partial charge in [0.05, 0.1) is 5.56 Å². The van der Waals surface area contributed by atoms with Crippen LogP contribution in [0.5, 0.6) is 5.75 Å². The molecule has 0 saturated carbocycles. The minimum Gasteiger partial charge on any atom is -0.507 e. The zero-order valence-electron chi connectivity index (χ0n) is 5.34. The van der Waals surface area contributed by atoms with Gasteiger partial charge in [-0.3, -0.25) is 4.79 Å². The summed E-state index contributed by atoms with van der Waals surface area (Å²) in [7, 11) is 0. The second-order valence-corrected chi connectivity index (χ2v) is 3.96. The van der Waals surface area contributed by atoms with Gasteiger partial charge in [0.25, 0.3) is 0 Å². The molecule has 0 fully saturated rings. The third-order valence-electron chi connectivity index (χ3n) is 1.20. The van der Waals surface area contributed by atoms with E-state index in [9.17, 15) is 4.79 Å². The molecule has 0 amide bonds. The first-order chi connectivity index (χ1) is 5.15. The molecular weight excluding hydrogens is 323 g/mol. The van der Waals surface area contributed by atoms with E-state index in [1.54, 1.807) is 6.07 Å². The fourth-order valence-corrected chi connectivity index (χ4v) is 1.47. The Bertz CT molecular complexity index is 299. The van der Waals surface area contributed by atoms with Crippen molar-refractivity contribution < 1.29 is 9.90 Å². The van der Waals surface area contributed by atoms with Crippen molar-refractivity contribution in [3.63, 3.8) is 0 Å². The van der Waals surface area contributed by atoms with Crippen LogP contribution in [0.25, 0.3) is 0 Å². The molecule has 1 rings (SSSR count). The molecule has 0 aliphatic heterocycles. The number of aromatic hydroxyl groups is 1. The van der Waals surface area contributed by atoms with Crippen molar-refractivity contribution in [2.45, 2.75) is 0 Å². The summed E-state index contributed by atoms with van der Waals surface area (Å²) >= 11 is 5.30. The van der Waals surface area contributed by atoms with Gasteiger partial charge in [0, 0.05) is 8.04 Å². The van der Waals surface area contributed by atoms with Crippen LogP contribution in [-0.4, -0.2) is 11.4 Å². The van der Waals surface area contributed by atoms with E-state index in [4.69, 9.17) is 5.11 Å². The Labute approximate surface area is 85.9 Å². The highest BCUT2D eigenvalue weighted by molar-refractivity contribution is 14.1. The van der Waals surface area contributed by atoms with Crippen LogP contribution < -0.4 is 0 Å². The van der Waals surface area contributed by atoms with E-state index >= 15 is 0 Å². The van der Waals surface area contributed by atoms with Gasteiger partial charge in [-0.15, -0.1) is 0 Å². The topological polar surface area (TPSA) is 37.3 Å². The Kier molecular flexibility index (Phi) is 2.89. The van der Waals surface area contributed by atoms with Crippen molar-refractivity contribution in [3.8, 4) is 5.75 Å². The van der Waals surface area contributed by atoms with Gasteiger partial charge in [0.2, 0.25) is 0 Å². The molecule has 0 bridgehead atoms. The predicted octanol–water partition coefficient (Wildman–Crippen LogP) is 2.57. The van der Waals surface area contributed by atoms with Crippen molar-refractivity contribution in [1.29, 1.82) is 0 Å². The van der Waals surface area contributed by atoms with E-state index in [2.05, 4.69) is 38.5 Å². The van der Waals surface area contributed by atoms with E-state index < -0.39 is 0 Å². The lowest BCUT2D eigenvalue weighted by Crippen LogP contribution is -1.83. The number of carbonyl (C=O) groups excluding carboxylic acids is 1. The lowest BCUT2D eigenvalue weighted by Gasteiger charge is -1.99. The summed E-state index contributed by atoms with van der Waals surface area (Å²) < 4.78 is 1.70. The normalized spacial score (nSPS) is 9.64. The number of hydrogen-bond acceptors (Lipinski definition) is 2. The van der Waals surface area contributed by atoms with Gasteiger partial charge < -0.3 is 5.11 Å². The summed E-state index contributed by atoms with van der Waals surface area (Å²) in [6.07, 6.45) is 0.629. The van der Waals surface area contributed by atoms with Crippen LogP contribution in [-0.2, 0) is 0 Å². The second-order valence-electron chi connectivity index (χ2n) is 1.94. The molecule has 4 heteroatoms. The van der Waals surface area contributed by atoms with Gasteiger partial charge in [-0.05, 0) is 50.7 Å².